The van der Waals surface area contributed by atoms with Crippen molar-refractivity contribution in [2.24, 2.45) is 63.4 Å². The lowest BCUT2D eigenvalue weighted by Crippen LogP contribution is -2.55. The largest absolute Gasteiger partial charge is 0.397 e. The minimum atomic E-state index is -0.671. The fraction of sp³-hybridized carbons (Fsp3) is 0.299. The zero-order chi connectivity index (χ0) is 67.1. The summed E-state index contributed by atoms with van der Waals surface area (Å²) in [7, 11) is 0. The molecular weight excluding hydrogens is 1120 g/mol. The van der Waals surface area contributed by atoms with Gasteiger partial charge in [0.2, 0.25) is 0 Å². The fourth-order valence-corrected chi connectivity index (χ4v) is 9.60. The van der Waals surface area contributed by atoms with E-state index in [0.717, 1.165) is 62.1 Å². The van der Waals surface area contributed by atoms with Crippen LogP contribution in [0.5, 0.6) is 0 Å². The number of nitrogen functional groups attached to an aromatic ring is 1. The number of nitrogens with two attached hydrogens (primary N) is 10. The van der Waals surface area contributed by atoms with Crippen LogP contribution in [0, 0.1) is 39.5 Å². The highest BCUT2D eigenvalue weighted by molar-refractivity contribution is 5.88. The van der Waals surface area contributed by atoms with Gasteiger partial charge in [0, 0.05) is 72.1 Å². The Kier molecular flexibility index (Phi) is 31.6. The van der Waals surface area contributed by atoms with Gasteiger partial charge in [0.05, 0.1) is 28.8 Å². The fourth-order valence-electron chi connectivity index (χ4n) is 9.60. The molecule has 0 aliphatic heterocycles. The molecular formula is C77H104N14. The number of aromatic nitrogens is 4. The van der Waals surface area contributed by atoms with Crippen LogP contribution in [0.1, 0.15) is 128 Å². The molecule has 3 aromatic heterocycles. The Morgan fingerprint density at radius 3 is 1.00 bits per heavy atom. The monoisotopic (exact) mass is 1220 g/mol. The molecule has 0 saturated carbocycles. The van der Waals surface area contributed by atoms with Crippen molar-refractivity contribution in [1.82, 2.24) is 19.9 Å². The number of hydrogen-bond acceptors (Lipinski definition) is 14. The Balaban J connectivity index is 0.000000234. The van der Waals surface area contributed by atoms with Gasteiger partial charge in [-0.3, -0.25) is 9.97 Å². The van der Waals surface area contributed by atoms with Crippen LogP contribution in [0.15, 0.2) is 237 Å². The minimum absolute atomic E-state index is 0.0115. The van der Waals surface area contributed by atoms with Gasteiger partial charge in [-0.15, -0.1) is 0 Å². The van der Waals surface area contributed by atoms with Crippen molar-refractivity contribution in [3.63, 3.8) is 0 Å². The van der Waals surface area contributed by atoms with Gasteiger partial charge < -0.3 is 57.3 Å². The smallest absolute Gasteiger partial charge is 0.141 e. The molecule has 14 nitrogen and oxygen atoms in total. The number of anilines is 1. The maximum absolute atomic E-state index is 6.86. The highest BCUT2D eigenvalue weighted by Gasteiger charge is 2.39. The Hall–Kier alpha value is -8.38. The number of hydrogen-bond donors (Lipinski definition) is 10. The predicted molar refractivity (Wildman–Crippen MR) is 384 cm³/mol. The van der Waals surface area contributed by atoms with E-state index in [0.29, 0.717) is 12.4 Å². The Morgan fingerprint density at radius 2 is 0.714 bits per heavy atom. The maximum atomic E-state index is 6.86. The third-order valence-corrected chi connectivity index (χ3v) is 15.7. The van der Waals surface area contributed by atoms with Crippen molar-refractivity contribution in [3.8, 4) is 0 Å². The number of rotatable bonds is 14. The van der Waals surface area contributed by atoms with Gasteiger partial charge >= 0.3 is 0 Å². The molecule has 0 spiro atoms. The number of aryl methyl sites for hydroxylation is 5. The van der Waals surface area contributed by atoms with E-state index in [1.54, 1.807) is 24.7 Å². The van der Waals surface area contributed by atoms with Gasteiger partial charge in [0.15, 0.2) is 0 Å². The zero-order valence-electron chi connectivity index (χ0n) is 55.6. The number of benzene rings is 7. The topological polar surface area (TPSA) is 312 Å². The highest BCUT2D eigenvalue weighted by atomic mass is 14.9. The summed E-state index contributed by atoms with van der Waals surface area (Å²) >= 11 is 0. The van der Waals surface area contributed by atoms with Crippen LogP contribution in [-0.2, 0) is 24.0 Å². The lowest BCUT2D eigenvalue weighted by Gasteiger charge is -2.39. The molecule has 10 aromatic rings. The predicted octanol–water partition coefficient (Wildman–Crippen LogP) is 12.4. The average molecular weight is 1230 g/mol. The molecule has 0 amide bonds. The molecule has 0 aliphatic carbocycles. The zero-order valence-corrected chi connectivity index (χ0v) is 55.6. The SMILES string of the molecule is CCc1ccccn1.C[C@@H](N)[C@H](N)c1ccccc1.C[C@H](N)[C@@H](N)c1ccccc1.Cc1ccc(C(N)(c2ccc(C)cc2)[C@@H](N)C(C)C)cc1.Cc1ccc(C(N)(c2ccc(C)cc2)[C@H](N)C(C)C)cc1.NCc1ncccn1.Nc1cccc2cccnc12. The van der Waals surface area contributed by atoms with Crippen molar-refractivity contribution >= 4 is 16.6 Å². The number of fused-ring (bicyclic) bond motifs is 1. The van der Waals surface area contributed by atoms with Gasteiger partial charge in [0.25, 0.3) is 0 Å². The Labute approximate surface area is 543 Å². The summed E-state index contributed by atoms with van der Waals surface area (Å²) in [6.45, 7) is 23.1. The molecule has 0 unspecified atom stereocenters. The van der Waals surface area contributed by atoms with Crippen molar-refractivity contribution < 1.29 is 0 Å². The molecule has 0 radical (unpaired) electrons. The van der Waals surface area contributed by atoms with Crippen molar-refractivity contribution in [2.75, 3.05) is 5.73 Å². The summed E-state index contributed by atoms with van der Waals surface area (Å²) in [5.74, 6) is 1.27. The van der Waals surface area contributed by atoms with Crippen molar-refractivity contribution in [1.29, 1.82) is 0 Å². The summed E-state index contributed by atoms with van der Waals surface area (Å²) in [5, 5.41) is 1.09. The second-order valence-corrected chi connectivity index (χ2v) is 23.8. The molecule has 7 aromatic carbocycles. The average Bonchev–Trinajstić information content (AvgIpc) is 0.957. The third-order valence-electron chi connectivity index (χ3n) is 15.7. The molecule has 482 valence electrons. The normalized spacial score (nSPS) is 12.9. The quantitative estimate of drug-likeness (QED) is 0.0453. The molecule has 0 fully saturated rings. The van der Waals surface area contributed by atoms with Gasteiger partial charge in [-0.25, -0.2) is 9.97 Å². The third kappa shape index (κ3) is 23.4. The number of para-hydroxylation sites is 1. The molecule has 3 heterocycles. The first-order chi connectivity index (χ1) is 43.4. The van der Waals surface area contributed by atoms with Crippen molar-refractivity contribution in [2.45, 2.75) is 136 Å². The lowest BCUT2D eigenvalue weighted by molar-refractivity contribution is 0.337. The van der Waals surface area contributed by atoms with Gasteiger partial charge in [-0.05, 0) is 124 Å². The van der Waals surface area contributed by atoms with Crippen LogP contribution in [0.4, 0.5) is 5.69 Å². The first kappa shape index (κ1) is 75.1. The molecule has 0 bridgehead atoms. The first-order valence-electron chi connectivity index (χ1n) is 31.3. The van der Waals surface area contributed by atoms with Crippen LogP contribution in [0.2, 0.25) is 0 Å². The van der Waals surface area contributed by atoms with Crippen LogP contribution in [0.3, 0.4) is 0 Å². The molecule has 6 atom stereocenters. The molecule has 0 saturated heterocycles. The summed E-state index contributed by atoms with van der Waals surface area (Å²) in [6.07, 6.45) is 7.95. The number of pyridine rings is 2. The summed E-state index contributed by atoms with van der Waals surface area (Å²) in [5.41, 5.74) is 73.4. The van der Waals surface area contributed by atoms with E-state index < -0.39 is 11.1 Å². The molecule has 91 heavy (non-hydrogen) atoms. The Morgan fingerprint density at radius 1 is 0.374 bits per heavy atom. The molecule has 10 rings (SSSR count). The van der Waals surface area contributed by atoms with Gasteiger partial charge in [-0.1, -0.05) is 239 Å². The van der Waals surface area contributed by atoms with Gasteiger partial charge in [-0.2, -0.15) is 0 Å². The molecule has 14 heteroatoms. The van der Waals surface area contributed by atoms with E-state index in [1.165, 1.54) is 22.3 Å². The van der Waals surface area contributed by atoms with Crippen LogP contribution < -0.4 is 57.3 Å². The first-order valence-corrected chi connectivity index (χ1v) is 31.3. The standard InChI is InChI=1S/2C19H26N2.C9H8N2.2C9H14N2.C7H9N.C5H7N3/c2*1-13(2)18(20)19(21,16-9-5-14(3)6-10-16)17-11-7-15(4)8-12-17;10-8-5-1-3-7-4-2-6-11-9(7)8;2*1-7(10)9(11)8-5-3-2-4-6-8;1-2-7-5-3-4-6-8-7;6-4-5-7-2-1-3-8-5/h2*5-13,18H,20-21H2,1-4H3;1-6H,10H2;2*2-7,9H,10-11H2,1H3;3-6H,2H2,1H3;1-3H,4,6H2/t2*18-;;2*7-,9+;;/m10.10../s1. The van der Waals surface area contributed by atoms with Crippen LogP contribution in [0.25, 0.3) is 10.9 Å². The van der Waals surface area contributed by atoms with E-state index in [9.17, 15) is 0 Å². The summed E-state index contributed by atoms with van der Waals surface area (Å²) in [4.78, 5) is 16.0. The van der Waals surface area contributed by atoms with E-state index in [4.69, 9.17) is 57.3 Å². The minimum Gasteiger partial charge on any atom is -0.397 e. The van der Waals surface area contributed by atoms with E-state index >= 15 is 0 Å². The van der Waals surface area contributed by atoms with Crippen LogP contribution >= 0.6 is 0 Å². The van der Waals surface area contributed by atoms with E-state index in [-0.39, 0.29) is 48.1 Å². The second kappa shape index (κ2) is 38.3. The summed E-state index contributed by atoms with van der Waals surface area (Å²) in [6, 6.07) is 70.4. The van der Waals surface area contributed by atoms with E-state index in [1.807, 2.05) is 129 Å². The second-order valence-electron chi connectivity index (χ2n) is 23.8. The highest BCUT2D eigenvalue weighted by Crippen LogP contribution is 2.35. The number of nitrogens with zero attached hydrogens (tertiary/aromatic N) is 4. The van der Waals surface area contributed by atoms with Crippen molar-refractivity contribution in [3.05, 3.63) is 304 Å². The lowest BCUT2D eigenvalue weighted by atomic mass is 9.74. The maximum Gasteiger partial charge on any atom is 0.141 e. The van der Waals surface area contributed by atoms with Crippen LogP contribution in [-0.4, -0.2) is 44.1 Å². The molecule has 20 N–H and O–H groups in total. The summed E-state index contributed by atoms with van der Waals surface area (Å²) < 4.78 is 0. The molecule has 0 aliphatic rings. The Bertz CT molecular complexity index is 3240. The van der Waals surface area contributed by atoms with Gasteiger partial charge in [0.1, 0.15) is 5.82 Å². The van der Waals surface area contributed by atoms with E-state index in [2.05, 4.69) is 179 Å².